The molecule has 142 valence electrons. The first-order valence-electron chi connectivity index (χ1n) is 8.48. The maximum Gasteiger partial charge on any atom is 0.168 e. The summed E-state index contributed by atoms with van der Waals surface area (Å²) in [7, 11) is 0. The molecule has 2 aromatic rings. The molecule has 1 aliphatic carbocycles. The van der Waals surface area contributed by atoms with Crippen LogP contribution in [0.5, 0.6) is 0 Å². The van der Waals surface area contributed by atoms with Crippen LogP contribution in [0, 0.1) is 28.7 Å². The van der Waals surface area contributed by atoms with E-state index in [1.165, 1.54) is 0 Å². The van der Waals surface area contributed by atoms with Crippen LogP contribution >= 0.6 is 0 Å². The number of nitrogens with zero attached hydrogens (tertiary/aromatic N) is 3. The summed E-state index contributed by atoms with van der Waals surface area (Å²) < 4.78 is 54.7. The Hall–Kier alpha value is -2.84. The fourth-order valence-electron chi connectivity index (χ4n) is 3.70. The molecule has 27 heavy (non-hydrogen) atoms. The average Bonchev–Trinajstić information content (AvgIpc) is 3.33. The Morgan fingerprint density at radius 3 is 2.37 bits per heavy atom. The van der Waals surface area contributed by atoms with Crippen LogP contribution in [-0.4, -0.2) is 40.9 Å². The molecule has 4 rings (SSSR count). The van der Waals surface area contributed by atoms with Crippen molar-refractivity contribution in [2.24, 2.45) is 0 Å². The molecule has 9 heteroatoms. The summed E-state index contributed by atoms with van der Waals surface area (Å²) >= 11 is 0. The van der Waals surface area contributed by atoms with Crippen molar-refractivity contribution in [3.63, 3.8) is 0 Å². The number of anilines is 2. The number of aromatic nitrogens is 1. The van der Waals surface area contributed by atoms with Gasteiger partial charge in [-0.05, 0) is 18.9 Å². The third-order valence-electron chi connectivity index (χ3n) is 5.16. The molecule has 3 N–H and O–H groups in total. The largest absolute Gasteiger partial charge is 0.398 e. The van der Waals surface area contributed by atoms with E-state index in [2.05, 4.69) is 4.98 Å². The monoisotopic (exact) mass is 379 g/mol. The van der Waals surface area contributed by atoms with Gasteiger partial charge < -0.3 is 15.5 Å². The minimum absolute atomic E-state index is 0.0568. The Morgan fingerprint density at radius 2 is 1.74 bits per heavy atom. The van der Waals surface area contributed by atoms with E-state index in [9.17, 15) is 17.6 Å². The van der Waals surface area contributed by atoms with Gasteiger partial charge in [-0.1, -0.05) is 0 Å². The van der Waals surface area contributed by atoms with E-state index < -0.39 is 28.8 Å². The predicted octanol–water partition coefficient (Wildman–Crippen LogP) is 2.90. The third kappa shape index (κ3) is 2.96. The standard InChI is InChI=1S/C18H17F4N5/c19-10-5-12(21)15(14(23)7-10)16(24)27-4-3-26(9-18(27)1-2-18)17-13(22)6-11(20)8-25-17/h5-8,24H,1-4,9,23H2. The summed E-state index contributed by atoms with van der Waals surface area (Å²) in [5.74, 6) is -3.24. The lowest BCUT2D eigenvalue weighted by molar-refractivity contribution is 0.257. The minimum atomic E-state index is -0.887. The van der Waals surface area contributed by atoms with Crippen LogP contribution in [-0.2, 0) is 0 Å². The Kier molecular flexibility index (Phi) is 3.97. The number of hydrogen-bond acceptors (Lipinski definition) is 4. The van der Waals surface area contributed by atoms with Gasteiger partial charge in [0, 0.05) is 37.5 Å². The summed E-state index contributed by atoms with van der Waals surface area (Å²) in [5, 5.41) is 8.44. The Morgan fingerprint density at radius 1 is 1.04 bits per heavy atom. The molecule has 2 fully saturated rings. The molecular formula is C18H17F4N5. The zero-order valence-electron chi connectivity index (χ0n) is 14.3. The third-order valence-corrected chi connectivity index (χ3v) is 5.16. The van der Waals surface area contributed by atoms with Crippen molar-refractivity contribution in [2.45, 2.75) is 18.4 Å². The first-order chi connectivity index (χ1) is 12.8. The highest BCUT2D eigenvalue weighted by Crippen LogP contribution is 2.46. The number of halogens is 4. The summed E-state index contributed by atoms with van der Waals surface area (Å²) in [6, 6.07) is 2.47. The second kappa shape index (κ2) is 6.11. The van der Waals surface area contributed by atoms with Gasteiger partial charge in [0.1, 0.15) is 23.3 Å². The number of rotatable bonds is 2. The lowest BCUT2D eigenvalue weighted by atomic mass is 10.0. The highest BCUT2D eigenvalue weighted by Gasteiger charge is 2.53. The zero-order chi connectivity index (χ0) is 19.3. The molecule has 1 aromatic heterocycles. The molecule has 0 amide bonds. The molecule has 0 bridgehead atoms. The lowest BCUT2D eigenvalue weighted by Crippen LogP contribution is -2.57. The molecule has 0 atom stereocenters. The van der Waals surface area contributed by atoms with Gasteiger partial charge in [0.25, 0.3) is 0 Å². The molecule has 2 heterocycles. The van der Waals surface area contributed by atoms with Crippen molar-refractivity contribution >= 4 is 17.3 Å². The first kappa shape index (κ1) is 17.6. The van der Waals surface area contributed by atoms with E-state index in [0.717, 1.165) is 31.2 Å². The van der Waals surface area contributed by atoms with Crippen LogP contribution in [0.4, 0.5) is 29.1 Å². The second-order valence-electron chi connectivity index (χ2n) is 6.96. The van der Waals surface area contributed by atoms with E-state index in [1.807, 2.05) is 0 Å². The molecule has 1 spiro atoms. The molecule has 1 saturated carbocycles. The second-order valence-corrected chi connectivity index (χ2v) is 6.96. The normalized spacial score (nSPS) is 18.1. The molecule has 1 aromatic carbocycles. The lowest BCUT2D eigenvalue weighted by Gasteiger charge is -2.44. The average molecular weight is 379 g/mol. The summed E-state index contributed by atoms with van der Waals surface area (Å²) in [6.45, 7) is 1.00. The van der Waals surface area contributed by atoms with E-state index in [1.54, 1.807) is 9.80 Å². The number of benzene rings is 1. The van der Waals surface area contributed by atoms with E-state index in [-0.39, 0.29) is 22.9 Å². The number of nitrogens with one attached hydrogen (secondary N) is 1. The topological polar surface area (TPSA) is 69.2 Å². The van der Waals surface area contributed by atoms with Crippen LogP contribution in [0.3, 0.4) is 0 Å². The van der Waals surface area contributed by atoms with E-state index >= 15 is 0 Å². The van der Waals surface area contributed by atoms with Gasteiger partial charge in [-0.3, -0.25) is 5.41 Å². The van der Waals surface area contributed by atoms with Gasteiger partial charge in [0.2, 0.25) is 0 Å². The Balaban J connectivity index is 1.60. The van der Waals surface area contributed by atoms with Gasteiger partial charge in [-0.2, -0.15) is 0 Å². The highest BCUT2D eigenvalue weighted by atomic mass is 19.1. The van der Waals surface area contributed by atoms with Gasteiger partial charge >= 0.3 is 0 Å². The van der Waals surface area contributed by atoms with Crippen molar-refractivity contribution in [1.29, 1.82) is 5.41 Å². The number of nitrogens with two attached hydrogens (primary N) is 1. The molecule has 1 saturated heterocycles. The quantitative estimate of drug-likeness (QED) is 0.364. The maximum absolute atomic E-state index is 14.2. The number of piperazine rings is 1. The van der Waals surface area contributed by atoms with Crippen molar-refractivity contribution in [2.75, 3.05) is 30.3 Å². The van der Waals surface area contributed by atoms with Gasteiger partial charge in [0.15, 0.2) is 11.6 Å². The van der Waals surface area contributed by atoms with E-state index in [0.29, 0.717) is 25.7 Å². The number of nitrogen functional groups attached to an aromatic ring is 1. The van der Waals surface area contributed by atoms with Gasteiger partial charge in [-0.15, -0.1) is 0 Å². The summed E-state index contributed by atoms with van der Waals surface area (Å²) in [5.41, 5.74) is 5.00. The SMILES string of the molecule is N=C(c1c(N)cc(F)cc1F)N1CCN(c2ncc(F)cc2F)CC12CC2. The van der Waals surface area contributed by atoms with Crippen LogP contribution in [0.15, 0.2) is 24.4 Å². The smallest absolute Gasteiger partial charge is 0.168 e. The first-order valence-corrected chi connectivity index (χ1v) is 8.48. The molecule has 0 unspecified atom stereocenters. The van der Waals surface area contributed by atoms with Crippen molar-refractivity contribution in [1.82, 2.24) is 9.88 Å². The van der Waals surface area contributed by atoms with Crippen LogP contribution in [0.2, 0.25) is 0 Å². The van der Waals surface area contributed by atoms with Crippen LogP contribution in [0.25, 0.3) is 0 Å². The predicted molar refractivity (Wildman–Crippen MR) is 92.6 cm³/mol. The van der Waals surface area contributed by atoms with Crippen molar-refractivity contribution in [3.05, 3.63) is 53.2 Å². The fraction of sp³-hybridized carbons (Fsp3) is 0.333. The minimum Gasteiger partial charge on any atom is -0.398 e. The maximum atomic E-state index is 14.2. The zero-order valence-corrected chi connectivity index (χ0v) is 14.3. The summed E-state index contributed by atoms with van der Waals surface area (Å²) in [4.78, 5) is 7.28. The fourth-order valence-corrected chi connectivity index (χ4v) is 3.70. The molecule has 5 nitrogen and oxygen atoms in total. The van der Waals surface area contributed by atoms with Crippen LogP contribution < -0.4 is 10.6 Å². The van der Waals surface area contributed by atoms with Gasteiger partial charge in [0.05, 0.1) is 17.3 Å². The molecule has 2 aliphatic rings. The molecule has 0 radical (unpaired) electrons. The van der Waals surface area contributed by atoms with Crippen molar-refractivity contribution < 1.29 is 17.6 Å². The Bertz CT molecular complexity index is 905. The van der Waals surface area contributed by atoms with E-state index in [4.69, 9.17) is 11.1 Å². The summed E-state index contributed by atoms with van der Waals surface area (Å²) in [6.07, 6.45) is 2.43. The molecule has 1 aliphatic heterocycles. The van der Waals surface area contributed by atoms with Crippen LogP contribution in [0.1, 0.15) is 18.4 Å². The number of pyridine rings is 1. The van der Waals surface area contributed by atoms with Gasteiger partial charge in [-0.25, -0.2) is 22.5 Å². The number of hydrogen-bond donors (Lipinski definition) is 2. The molecular weight excluding hydrogens is 362 g/mol. The van der Waals surface area contributed by atoms with Crippen molar-refractivity contribution in [3.8, 4) is 0 Å². The number of amidine groups is 1. The highest BCUT2D eigenvalue weighted by molar-refractivity contribution is 6.02. The Labute approximate surface area is 152 Å².